The van der Waals surface area contributed by atoms with Crippen LogP contribution in [0.3, 0.4) is 0 Å². The maximum absolute atomic E-state index is 5.60. The molecule has 0 aliphatic carbocycles. The molecule has 0 heterocycles. The molecule has 0 saturated carbocycles. The van der Waals surface area contributed by atoms with Gasteiger partial charge in [-0.05, 0) is 36.0 Å². The standard InChI is InChI=1S/C13H20OS/c1-12(2)15-11-7-6-10-14-13-8-4-3-5-9-13/h3-5,8-9,12H,6-7,10-11H2,1-2H3. The Morgan fingerprint density at radius 3 is 2.53 bits per heavy atom. The van der Waals surface area contributed by atoms with E-state index in [2.05, 4.69) is 13.8 Å². The van der Waals surface area contributed by atoms with Crippen LogP contribution in [0.5, 0.6) is 5.75 Å². The fourth-order valence-electron chi connectivity index (χ4n) is 1.23. The zero-order valence-electron chi connectivity index (χ0n) is 9.61. The predicted octanol–water partition coefficient (Wildman–Crippen LogP) is 3.99. The molecule has 0 aliphatic heterocycles. The maximum atomic E-state index is 5.60. The van der Waals surface area contributed by atoms with E-state index in [1.54, 1.807) is 0 Å². The van der Waals surface area contributed by atoms with E-state index in [4.69, 9.17) is 4.74 Å². The van der Waals surface area contributed by atoms with E-state index in [9.17, 15) is 0 Å². The molecule has 1 aromatic carbocycles. The summed E-state index contributed by atoms with van der Waals surface area (Å²) in [6, 6.07) is 10.0. The van der Waals surface area contributed by atoms with Crippen molar-refractivity contribution in [1.29, 1.82) is 0 Å². The van der Waals surface area contributed by atoms with Crippen LogP contribution in [0.25, 0.3) is 0 Å². The number of hydrogen-bond acceptors (Lipinski definition) is 2. The minimum atomic E-state index is 0.750. The zero-order valence-corrected chi connectivity index (χ0v) is 10.4. The van der Waals surface area contributed by atoms with Crippen LogP contribution >= 0.6 is 11.8 Å². The van der Waals surface area contributed by atoms with Crippen molar-refractivity contribution < 1.29 is 4.74 Å². The predicted molar refractivity (Wildman–Crippen MR) is 68.8 cm³/mol. The molecule has 0 amide bonds. The summed E-state index contributed by atoms with van der Waals surface area (Å²) in [5.74, 6) is 2.23. The lowest BCUT2D eigenvalue weighted by molar-refractivity contribution is 0.310. The molecule has 15 heavy (non-hydrogen) atoms. The van der Waals surface area contributed by atoms with Crippen molar-refractivity contribution in [3.63, 3.8) is 0 Å². The number of thioether (sulfide) groups is 1. The molecule has 1 aromatic rings. The summed E-state index contributed by atoms with van der Waals surface area (Å²) in [7, 11) is 0. The molecule has 1 nitrogen and oxygen atoms in total. The SMILES string of the molecule is CC(C)SCCCCOc1ccccc1. The van der Waals surface area contributed by atoms with Gasteiger partial charge in [0.1, 0.15) is 5.75 Å². The summed E-state index contributed by atoms with van der Waals surface area (Å²) in [5, 5.41) is 0.750. The fourth-order valence-corrected chi connectivity index (χ4v) is 2.07. The van der Waals surface area contributed by atoms with Gasteiger partial charge in [0.15, 0.2) is 0 Å². The summed E-state index contributed by atoms with van der Waals surface area (Å²) >= 11 is 2.02. The van der Waals surface area contributed by atoms with Crippen molar-refractivity contribution in [2.24, 2.45) is 0 Å². The average molecular weight is 224 g/mol. The van der Waals surface area contributed by atoms with Crippen molar-refractivity contribution in [1.82, 2.24) is 0 Å². The fraction of sp³-hybridized carbons (Fsp3) is 0.538. The third-order valence-corrected chi connectivity index (χ3v) is 3.19. The van der Waals surface area contributed by atoms with E-state index >= 15 is 0 Å². The highest BCUT2D eigenvalue weighted by atomic mass is 32.2. The van der Waals surface area contributed by atoms with E-state index in [0.717, 1.165) is 24.0 Å². The molecule has 0 fully saturated rings. The number of para-hydroxylation sites is 1. The van der Waals surface area contributed by atoms with Gasteiger partial charge in [-0.1, -0.05) is 32.0 Å². The first-order chi connectivity index (χ1) is 7.29. The Morgan fingerprint density at radius 2 is 1.87 bits per heavy atom. The third-order valence-electron chi connectivity index (χ3n) is 2.00. The largest absolute Gasteiger partial charge is 0.494 e. The first-order valence-corrected chi connectivity index (χ1v) is 6.63. The highest BCUT2D eigenvalue weighted by Gasteiger charge is 1.95. The Kier molecular flexibility index (Phi) is 6.33. The lowest BCUT2D eigenvalue weighted by Crippen LogP contribution is -1.98. The minimum absolute atomic E-state index is 0.750. The second kappa shape index (κ2) is 7.63. The Labute approximate surface area is 97.2 Å². The Balaban J connectivity index is 1.98. The van der Waals surface area contributed by atoms with Crippen molar-refractivity contribution >= 4 is 11.8 Å². The summed E-state index contributed by atoms with van der Waals surface area (Å²) in [6.45, 7) is 5.32. The molecule has 2 heteroatoms. The van der Waals surface area contributed by atoms with Gasteiger partial charge in [-0.3, -0.25) is 0 Å². The van der Waals surface area contributed by atoms with Gasteiger partial charge < -0.3 is 4.74 Å². The summed E-state index contributed by atoms with van der Waals surface area (Å²) in [4.78, 5) is 0. The van der Waals surface area contributed by atoms with Crippen molar-refractivity contribution in [2.75, 3.05) is 12.4 Å². The highest BCUT2D eigenvalue weighted by molar-refractivity contribution is 7.99. The zero-order chi connectivity index (χ0) is 10.9. The first-order valence-electron chi connectivity index (χ1n) is 5.58. The monoisotopic (exact) mass is 224 g/mol. The van der Waals surface area contributed by atoms with Gasteiger partial charge in [0.2, 0.25) is 0 Å². The van der Waals surface area contributed by atoms with Gasteiger partial charge in [-0.15, -0.1) is 0 Å². The van der Waals surface area contributed by atoms with E-state index in [1.807, 2.05) is 42.1 Å². The number of rotatable bonds is 7. The molecule has 0 spiro atoms. The quantitative estimate of drug-likeness (QED) is 0.648. The molecule has 84 valence electrons. The molecule has 0 aromatic heterocycles. The van der Waals surface area contributed by atoms with E-state index in [0.29, 0.717) is 0 Å². The first kappa shape index (κ1) is 12.4. The minimum Gasteiger partial charge on any atom is -0.494 e. The number of hydrogen-bond donors (Lipinski definition) is 0. The second-order valence-corrected chi connectivity index (χ2v) is 5.47. The lowest BCUT2D eigenvalue weighted by atomic mass is 10.3. The van der Waals surface area contributed by atoms with E-state index in [1.165, 1.54) is 12.2 Å². The van der Waals surface area contributed by atoms with Gasteiger partial charge in [0.05, 0.1) is 6.61 Å². The van der Waals surface area contributed by atoms with Crippen LogP contribution in [0.4, 0.5) is 0 Å². The Hall–Kier alpha value is -0.630. The van der Waals surface area contributed by atoms with Crippen LogP contribution in [-0.4, -0.2) is 17.6 Å². The second-order valence-electron chi connectivity index (χ2n) is 3.79. The molecule has 0 N–H and O–H groups in total. The smallest absolute Gasteiger partial charge is 0.119 e. The molecule has 1 rings (SSSR count). The number of ether oxygens (including phenoxy) is 1. The summed E-state index contributed by atoms with van der Waals surface area (Å²) in [6.07, 6.45) is 2.39. The van der Waals surface area contributed by atoms with E-state index in [-0.39, 0.29) is 0 Å². The van der Waals surface area contributed by atoms with E-state index < -0.39 is 0 Å². The molecular formula is C13H20OS. The van der Waals surface area contributed by atoms with Gasteiger partial charge in [-0.2, -0.15) is 11.8 Å². The van der Waals surface area contributed by atoms with Crippen molar-refractivity contribution in [3.8, 4) is 5.75 Å². The van der Waals surface area contributed by atoms with Crippen LogP contribution < -0.4 is 4.74 Å². The molecule has 0 saturated heterocycles. The van der Waals surface area contributed by atoms with Gasteiger partial charge in [-0.25, -0.2) is 0 Å². The van der Waals surface area contributed by atoms with Gasteiger partial charge >= 0.3 is 0 Å². The normalized spacial score (nSPS) is 10.6. The van der Waals surface area contributed by atoms with Crippen molar-refractivity contribution in [2.45, 2.75) is 31.9 Å². The third kappa shape index (κ3) is 6.45. The van der Waals surface area contributed by atoms with Crippen LogP contribution in [0.1, 0.15) is 26.7 Å². The Morgan fingerprint density at radius 1 is 1.13 bits per heavy atom. The van der Waals surface area contributed by atoms with Crippen molar-refractivity contribution in [3.05, 3.63) is 30.3 Å². The lowest BCUT2D eigenvalue weighted by Gasteiger charge is -2.06. The molecule has 0 atom stereocenters. The molecule has 0 bridgehead atoms. The van der Waals surface area contributed by atoms with Crippen LogP contribution in [0, 0.1) is 0 Å². The Bertz CT molecular complexity index is 246. The number of unbranched alkanes of at least 4 members (excludes halogenated alkanes) is 1. The van der Waals surface area contributed by atoms with Gasteiger partial charge in [0.25, 0.3) is 0 Å². The molecule has 0 aliphatic rings. The highest BCUT2D eigenvalue weighted by Crippen LogP contribution is 2.12. The topological polar surface area (TPSA) is 9.23 Å². The molecular weight excluding hydrogens is 204 g/mol. The molecule has 0 radical (unpaired) electrons. The summed E-state index contributed by atoms with van der Waals surface area (Å²) in [5.41, 5.74) is 0. The van der Waals surface area contributed by atoms with Crippen LogP contribution in [0.15, 0.2) is 30.3 Å². The summed E-state index contributed by atoms with van der Waals surface area (Å²) < 4.78 is 5.60. The maximum Gasteiger partial charge on any atom is 0.119 e. The number of benzene rings is 1. The average Bonchev–Trinajstić information content (AvgIpc) is 2.24. The van der Waals surface area contributed by atoms with Crippen LogP contribution in [0.2, 0.25) is 0 Å². The van der Waals surface area contributed by atoms with Crippen LogP contribution in [-0.2, 0) is 0 Å². The molecule has 0 unspecified atom stereocenters. The van der Waals surface area contributed by atoms with Gasteiger partial charge in [0, 0.05) is 0 Å².